The van der Waals surface area contributed by atoms with Gasteiger partial charge in [-0.3, -0.25) is 10.1 Å². The summed E-state index contributed by atoms with van der Waals surface area (Å²) < 4.78 is 0. The largest absolute Gasteiger partial charge is 0.334 e. The molecule has 2 aromatic rings. The van der Waals surface area contributed by atoms with Crippen molar-refractivity contribution in [2.24, 2.45) is 5.92 Å². The molecule has 0 bridgehead atoms. The highest BCUT2D eigenvalue weighted by Crippen LogP contribution is 2.26. The van der Waals surface area contributed by atoms with Crippen molar-refractivity contribution < 1.29 is 9.59 Å². The molecule has 0 radical (unpaired) electrons. The van der Waals surface area contributed by atoms with Crippen LogP contribution in [0.3, 0.4) is 0 Å². The number of nitrogens with one attached hydrogen (secondary N) is 3. The van der Waals surface area contributed by atoms with E-state index in [9.17, 15) is 9.59 Å². The van der Waals surface area contributed by atoms with Crippen molar-refractivity contribution in [3.05, 3.63) is 30.3 Å². The maximum Gasteiger partial charge on any atom is 0.315 e. The quantitative estimate of drug-likeness (QED) is 0.747. The first-order valence-corrected chi connectivity index (χ1v) is 9.26. The van der Waals surface area contributed by atoms with Gasteiger partial charge in [0.05, 0.1) is 0 Å². The molecule has 0 fully saturated rings. The number of hydrogen-bond acceptors (Lipinski definition) is 5. The third kappa shape index (κ3) is 5.80. The Kier molecular flexibility index (Phi) is 6.31. The van der Waals surface area contributed by atoms with Gasteiger partial charge in [0.1, 0.15) is 11.0 Å². The van der Waals surface area contributed by atoms with Crippen molar-refractivity contribution in [3.63, 3.8) is 0 Å². The zero-order valence-corrected chi connectivity index (χ0v) is 16.5. The van der Waals surface area contributed by atoms with Crippen LogP contribution in [0, 0.1) is 5.92 Å². The van der Waals surface area contributed by atoms with E-state index in [0.29, 0.717) is 5.13 Å². The minimum atomic E-state index is -0.679. The van der Waals surface area contributed by atoms with Crippen LogP contribution < -0.4 is 16.0 Å². The highest BCUT2D eigenvalue weighted by molar-refractivity contribution is 7.18. The molecule has 0 saturated carbocycles. The molecule has 26 heavy (non-hydrogen) atoms. The summed E-state index contributed by atoms with van der Waals surface area (Å²) in [4.78, 5) is 24.7. The molecule has 3 N–H and O–H groups in total. The molecule has 8 heteroatoms. The van der Waals surface area contributed by atoms with E-state index in [-0.39, 0.29) is 23.4 Å². The van der Waals surface area contributed by atoms with Gasteiger partial charge in [-0.25, -0.2) is 4.79 Å². The van der Waals surface area contributed by atoms with Crippen LogP contribution in [-0.2, 0) is 4.79 Å². The van der Waals surface area contributed by atoms with E-state index in [1.165, 1.54) is 11.3 Å². The van der Waals surface area contributed by atoms with Crippen molar-refractivity contribution in [3.8, 4) is 10.6 Å². The van der Waals surface area contributed by atoms with E-state index >= 15 is 0 Å². The van der Waals surface area contributed by atoms with Crippen molar-refractivity contribution >= 4 is 28.4 Å². The Morgan fingerprint density at radius 1 is 1.08 bits per heavy atom. The number of carbonyl (C=O) groups is 2. The summed E-state index contributed by atoms with van der Waals surface area (Å²) in [5.74, 6) is -0.401. The normalized spacial score (nSPS) is 12.5. The zero-order valence-electron chi connectivity index (χ0n) is 15.7. The second kappa shape index (κ2) is 8.27. The van der Waals surface area contributed by atoms with E-state index in [1.54, 1.807) is 0 Å². The molecule has 1 unspecified atom stereocenters. The summed E-state index contributed by atoms with van der Waals surface area (Å²) in [5.41, 5.74) is 0.555. The van der Waals surface area contributed by atoms with Crippen LogP contribution in [0.15, 0.2) is 30.3 Å². The molecule has 1 atom stereocenters. The number of rotatable bonds is 5. The predicted octanol–water partition coefficient (Wildman–Crippen LogP) is 3.27. The van der Waals surface area contributed by atoms with Crippen LogP contribution in [0.5, 0.6) is 0 Å². The van der Waals surface area contributed by atoms with E-state index in [0.717, 1.165) is 10.6 Å². The lowest BCUT2D eigenvalue weighted by Crippen LogP contribution is -2.54. The summed E-state index contributed by atoms with van der Waals surface area (Å²) >= 11 is 1.29. The monoisotopic (exact) mass is 375 g/mol. The SMILES string of the molecule is CC(C)C(NC(=O)NC(C)(C)C)C(=O)Nc1nnc(-c2ccccc2)s1. The van der Waals surface area contributed by atoms with Crippen LogP contribution in [-0.4, -0.2) is 33.7 Å². The first-order valence-electron chi connectivity index (χ1n) is 8.44. The van der Waals surface area contributed by atoms with Crippen molar-refractivity contribution in [2.45, 2.75) is 46.2 Å². The predicted molar refractivity (Wildman–Crippen MR) is 104 cm³/mol. The van der Waals surface area contributed by atoms with Crippen molar-refractivity contribution in [1.82, 2.24) is 20.8 Å². The van der Waals surface area contributed by atoms with Gasteiger partial charge in [0.15, 0.2) is 0 Å². The summed E-state index contributed by atoms with van der Waals surface area (Å²) in [6.45, 7) is 9.38. The summed E-state index contributed by atoms with van der Waals surface area (Å²) in [7, 11) is 0. The molecule has 0 aliphatic carbocycles. The van der Waals surface area contributed by atoms with Gasteiger partial charge in [-0.2, -0.15) is 0 Å². The summed E-state index contributed by atoms with van der Waals surface area (Å²) in [5, 5.41) is 17.5. The number of aromatic nitrogens is 2. The van der Waals surface area contributed by atoms with Crippen LogP contribution in [0.25, 0.3) is 10.6 Å². The molecule has 1 aromatic heterocycles. The Balaban J connectivity index is 2.04. The van der Waals surface area contributed by atoms with Gasteiger partial charge in [0.2, 0.25) is 11.0 Å². The van der Waals surface area contributed by atoms with Gasteiger partial charge in [-0.15, -0.1) is 10.2 Å². The van der Waals surface area contributed by atoms with Crippen LogP contribution in [0.1, 0.15) is 34.6 Å². The topological polar surface area (TPSA) is 96.0 Å². The fourth-order valence-corrected chi connectivity index (χ4v) is 2.96. The molecule has 2 rings (SSSR count). The average Bonchev–Trinajstić information content (AvgIpc) is 3.00. The number of carbonyl (C=O) groups excluding carboxylic acids is 2. The van der Waals surface area contributed by atoms with E-state index in [1.807, 2.05) is 65.0 Å². The maximum atomic E-state index is 12.6. The molecule has 3 amide bonds. The zero-order chi connectivity index (χ0) is 19.3. The Bertz CT molecular complexity index is 752. The van der Waals surface area contributed by atoms with Crippen molar-refractivity contribution in [2.75, 3.05) is 5.32 Å². The van der Waals surface area contributed by atoms with Crippen LogP contribution >= 0.6 is 11.3 Å². The molecule has 0 saturated heterocycles. The lowest BCUT2D eigenvalue weighted by atomic mass is 10.0. The Morgan fingerprint density at radius 3 is 2.31 bits per heavy atom. The average molecular weight is 375 g/mol. The van der Waals surface area contributed by atoms with Gasteiger partial charge in [0, 0.05) is 11.1 Å². The molecular weight excluding hydrogens is 350 g/mol. The van der Waals surface area contributed by atoms with Gasteiger partial charge in [-0.05, 0) is 26.7 Å². The first-order chi connectivity index (χ1) is 12.2. The van der Waals surface area contributed by atoms with Gasteiger partial charge >= 0.3 is 6.03 Å². The lowest BCUT2D eigenvalue weighted by Gasteiger charge is -2.25. The number of hydrogen-bond donors (Lipinski definition) is 3. The lowest BCUT2D eigenvalue weighted by molar-refractivity contribution is -0.118. The second-order valence-corrected chi connectivity index (χ2v) is 8.32. The number of amides is 3. The van der Waals surface area contributed by atoms with Crippen LogP contribution in [0.4, 0.5) is 9.93 Å². The Hall–Kier alpha value is -2.48. The molecule has 7 nitrogen and oxygen atoms in total. The Morgan fingerprint density at radius 2 is 1.73 bits per heavy atom. The highest BCUT2D eigenvalue weighted by atomic mass is 32.1. The van der Waals surface area contributed by atoms with E-state index in [4.69, 9.17) is 0 Å². The van der Waals surface area contributed by atoms with E-state index < -0.39 is 6.04 Å². The standard InChI is InChI=1S/C18H25N5O2S/c1-11(2)13(19-16(25)21-18(3,4)5)14(24)20-17-23-22-15(26-17)12-9-7-6-8-10-12/h6-11,13H,1-5H3,(H2,19,21,25)(H,20,23,24). The van der Waals surface area contributed by atoms with Crippen LogP contribution in [0.2, 0.25) is 0 Å². The molecular formula is C18H25N5O2S. The van der Waals surface area contributed by atoms with Gasteiger partial charge in [0.25, 0.3) is 0 Å². The number of anilines is 1. The number of benzene rings is 1. The molecule has 1 aromatic carbocycles. The molecule has 0 spiro atoms. The third-order valence-electron chi connectivity index (χ3n) is 3.40. The number of urea groups is 1. The fourth-order valence-electron chi connectivity index (χ4n) is 2.21. The van der Waals surface area contributed by atoms with Gasteiger partial charge < -0.3 is 10.6 Å². The van der Waals surface area contributed by atoms with Gasteiger partial charge in [-0.1, -0.05) is 55.5 Å². The third-order valence-corrected chi connectivity index (χ3v) is 4.29. The molecule has 140 valence electrons. The molecule has 1 heterocycles. The minimum Gasteiger partial charge on any atom is -0.334 e. The summed E-state index contributed by atoms with van der Waals surface area (Å²) in [6, 6.07) is 8.57. The molecule has 0 aliphatic heterocycles. The highest BCUT2D eigenvalue weighted by Gasteiger charge is 2.26. The Labute approximate surface area is 157 Å². The van der Waals surface area contributed by atoms with Crippen molar-refractivity contribution in [1.29, 1.82) is 0 Å². The minimum absolute atomic E-state index is 0.0813. The first kappa shape index (κ1) is 19.8. The maximum absolute atomic E-state index is 12.6. The molecule has 0 aliphatic rings. The fraction of sp³-hybridized carbons (Fsp3) is 0.444. The van der Waals surface area contributed by atoms with E-state index in [2.05, 4.69) is 26.1 Å². The summed E-state index contributed by atoms with van der Waals surface area (Å²) in [6.07, 6.45) is 0. The smallest absolute Gasteiger partial charge is 0.315 e. The number of nitrogens with zero attached hydrogens (tertiary/aromatic N) is 2. The second-order valence-electron chi connectivity index (χ2n) is 7.34.